The van der Waals surface area contributed by atoms with Crippen molar-refractivity contribution in [3.8, 4) is 0 Å². The Labute approximate surface area is 68.6 Å². The molecule has 62 valence electrons. The SMILES string of the molecule is CSC1CCN1C(=O)C(=O)O. The highest BCUT2D eigenvalue weighted by Gasteiger charge is 2.34. The molecular formula is C6H9NO3S. The van der Waals surface area contributed by atoms with Crippen molar-refractivity contribution in [2.75, 3.05) is 12.8 Å². The molecule has 1 amide bonds. The van der Waals surface area contributed by atoms with E-state index in [0.29, 0.717) is 6.54 Å². The predicted molar refractivity (Wildman–Crippen MR) is 41.3 cm³/mol. The first-order valence-corrected chi connectivity index (χ1v) is 4.52. The summed E-state index contributed by atoms with van der Waals surface area (Å²) in [6.07, 6.45) is 2.77. The van der Waals surface area contributed by atoms with Gasteiger partial charge >= 0.3 is 11.9 Å². The fourth-order valence-corrected chi connectivity index (χ4v) is 1.76. The lowest BCUT2D eigenvalue weighted by Crippen LogP contribution is -2.51. The van der Waals surface area contributed by atoms with E-state index in [1.54, 1.807) is 0 Å². The standard InChI is InChI=1S/C6H9NO3S/c1-11-4-2-3-7(4)5(8)6(9)10/h4H,2-3H2,1H3,(H,9,10). The highest BCUT2D eigenvalue weighted by Crippen LogP contribution is 2.25. The lowest BCUT2D eigenvalue weighted by molar-refractivity contribution is -0.158. The van der Waals surface area contributed by atoms with Gasteiger partial charge in [0.05, 0.1) is 5.37 Å². The molecule has 0 bridgehead atoms. The summed E-state index contributed by atoms with van der Waals surface area (Å²) < 4.78 is 0. The van der Waals surface area contributed by atoms with Gasteiger partial charge in [-0.05, 0) is 12.7 Å². The zero-order chi connectivity index (χ0) is 8.43. The smallest absolute Gasteiger partial charge is 0.394 e. The predicted octanol–water partition coefficient (Wildman–Crippen LogP) is -0.00760. The van der Waals surface area contributed by atoms with Gasteiger partial charge in [-0.2, -0.15) is 0 Å². The number of amides is 1. The minimum atomic E-state index is -1.36. The van der Waals surface area contributed by atoms with Crippen LogP contribution < -0.4 is 0 Å². The van der Waals surface area contributed by atoms with Crippen molar-refractivity contribution >= 4 is 23.6 Å². The number of carboxylic acid groups (broad SMARTS) is 1. The van der Waals surface area contributed by atoms with Gasteiger partial charge in [0.25, 0.3) is 0 Å². The zero-order valence-electron chi connectivity index (χ0n) is 6.11. The van der Waals surface area contributed by atoms with Crippen LogP contribution in [0.5, 0.6) is 0 Å². The normalized spacial score (nSPS) is 22.6. The minimum Gasteiger partial charge on any atom is -0.474 e. The highest BCUT2D eigenvalue weighted by molar-refractivity contribution is 7.99. The Morgan fingerprint density at radius 3 is 2.55 bits per heavy atom. The van der Waals surface area contributed by atoms with E-state index in [9.17, 15) is 9.59 Å². The topological polar surface area (TPSA) is 57.6 Å². The maximum Gasteiger partial charge on any atom is 0.394 e. The van der Waals surface area contributed by atoms with Crippen molar-refractivity contribution in [1.82, 2.24) is 4.90 Å². The summed E-state index contributed by atoms with van der Waals surface area (Å²) >= 11 is 1.51. The van der Waals surface area contributed by atoms with E-state index in [-0.39, 0.29) is 5.37 Å². The van der Waals surface area contributed by atoms with Crippen molar-refractivity contribution in [3.63, 3.8) is 0 Å². The Kier molecular flexibility index (Phi) is 2.38. The summed E-state index contributed by atoms with van der Waals surface area (Å²) in [5.41, 5.74) is 0. The molecule has 0 spiro atoms. The molecule has 1 saturated heterocycles. The number of likely N-dealkylation sites (tertiary alicyclic amines) is 1. The van der Waals surface area contributed by atoms with E-state index in [0.717, 1.165) is 6.42 Å². The second-order valence-corrected chi connectivity index (χ2v) is 3.30. The van der Waals surface area contributed by atoms with E-state index in [2.05, 4.69) is 0 Å². The van der Waals surface area contributed by atoms with Gasteiger partial charge in [0, 0.05) is 6.54 Å². The molecule has 1 unspecified atom stereocenters. The van der Waals surface area contributed by atoms with Crippen LogP contribution in [0.1, 0.15) is 6.42 Å². The number of rotatable bonds is 1. The molecule has 1 aliphatic rings. The average molecular weight is 175 g/mol. The quantitative estimate of drug-likeness (QED) is 0.569. The second-order valence-electron chi connectivity index (χ2n) is 2.28. The van der Waals surface area contributed by atoms with Gasteiger partial charge in [-0.25, -0.2) is 4.79 Å². The van der Waals surface area contributed by atoms with E-state index in [1.807, 2.05) is 6.26 Å². The van der Waals surface area contributed by atoms with Gasteiger partial charge in [-0.15, -0.1) is 11.8 Å². The van der Waals surface area contributed by atoms with Crippen LogP contribution in [0.4, 0.5) is 0 Å². The number of nitrogens with zero attached hydrogens (tertiary/aromatic N) is 1. The molecule has 4 nitrogen and oxygen atoms in total. The molecule has 1 fully saturated rings. The Hall–Kier alpha value is -0.710. The molecule has 1 atom stereocenters. The number of hydrogen-bond acceptors (Lipinski definition) is 3. The first kappa shape index (κ1) is 8.39. The molecule has 0 radical (unpaired) electrons. The Bertz CT molecular complexity index is 192. The van der Waals surface area contributed by atoms with Crippen molar-refractivity contribution < 1.29 is 14.7 Å². The molecule has 11 heavy (non-hydrogen) atoms. The molecule has 1 rings (SSSR count). The molecule has 0 aromatic carbocycles. The fourth-order valence-electron chi connectivity index (χ4n) is 0.964. The summed E-state index contributed by atoms with van der Waals surface area (Å²) in [5, 5.41) is 8.41. The first-order chi connectivity index (χ1) is 5.16. The number of carbonyl (C=O) groups excluding carboxylic acids is 1. The number of carboxylic acids is 1. The third kappa shape index (κ3) is 1.48. The zero-order valence-corrected chi connectivity index (χ0v) is 6.93. The summed E-state index contributed by atoms with van der Waals surface area (Å²) in [6, 6.07) is 0. The third-order valence-corrected chi connectivity index (χ3v) is 2.71. The maximum atomic E-state index is 10.8. The number of aliphatic carboxylic acids is 1. The summed E-state index contributed by atoms with van der Waals surface area (Å²) in [6.45, 7) is 0.580. The van der Waals surface area contributed by atoms with E-state index >= 15 is 0 Å². The van der Waals surface area contributed by atoms with Crippen molar-refractivity contribution in [2.24, 2.45) is 0 Å². The highest BCUT2D eigenvalue weighted by atomic mass is 32.2. The number of thioether (sulfide) groups is 1. The van der Waals surface area contributed by atoms with Gasteiger partial charge < -0.3 is 10.0 Å². The minimum absolute atomic E-state index is 0.0820. The van der Waals surface area contributed by atoms with Gasteiger partial charge in [0.2, 0.25) is 0 Å². The van der Waals surface area contributed by atoms with Gasteiger partial charge in [-0.3, -0.25) is 4.79 Å². The van der Waals surface area contributed by atoms with E-state index in [1.165, 1.54) is 16.7 Å². The molecule has 1 N–H and O–H groups in total. The van der Waals surface area contributed by atoms with Crippen LogP contribution >= 0.6 is 11.8 Å². The number of hydrogen-bond donors (Lipinski definition) is 1. The van der Waals surface area contributed by atoms with Crippen LogP contribution in [0.25, 0.3) is 0 Å². The van der Waals surface area contributed by atoms with Gasteiger partial charge in [0.15, 0.2) is 0 Å². The summed E-state index contributed by atoms with van der Waals surface area (Å²) in [4.78, 5) is 22.4. The van der Waals surface area contributed by atoms with Crippen LogP contribution in [-0.2, 0) is 9.59 Å². The average Bonchev–Trinajstić information content (AvgIpc) is 1.86. The van der Waals surface area contributed by atoms with Crippen LogP contribution in [0, 0.1) is 0 Å². The molecule has 0 aliphatic carbocycles. The Morgan fingerprint density at radius 1 is 1.64 bits per heavy atom. The van der Waals surface area contributed by atoms with Crippen molar-refractivity contribution in [3.05, 3.63) is 0 Å². The lowest BCUT2D eigenvalue weighted by Gasteiger charge is -2.38. The molecule has 5 heteroatoms. The molecular weight excluding hydrogens is 166 g/mol. The molecule has 1 heterocycles. The molecule has 0 aromatic rings. The fraction of sp³-hybridized carbons (Fsp3) is 0.667. The first-order valence-electron chi connectivity index (χ1n) is 3.23. The molecule has 0 saturated carbocycles. The summed E-state index contributed by atoms with van der Waals surface area (Å²) in [5.74, 6) is -2.14. The van der Waals surface area contributed by atoms with E-state index < -0.39 is 11.9 Å². The van der Waals surface area contributed by atoms with Gasteiger partial charge in [-0.1, -0.05) is 0 Å². The third-order valence-electron chi connectivity index (χ3n) is 1.68. The lowest BCUT2D eigenvalue weighted by atomic mass is 10.2. The van der Waals surface area contributed by atoms with Crippen LogP contribution in [0.15, 0.2) is 0 Å². The van der Waals surface area contributed by atoms with Crippen molar-refractivity contribution in [1.29, 1.82) is 0 Å². The second kappa shape index (κ2) is 3.13. The Morgan fingerprint density at radius 2 is 2.27 bits per heavy atom. The largest absolute Gasteiger partial charge is 0.474 e. The van der Waals surface area contributed by atoms with E-state index in [4.69, 9.17) is 5.11 Å². The summed E-state index contributed by atoms with van der Waals surface area (Å²) in [7, 11) is 0. The monoisotopic (exact) mass is 175 g/mol. The Balaban J connectivity index is 2.49. The number of carbonyl (C=O) groups is 2. The molecule has 1 aliphatic heterocycles. The van der Waals surface area contributed by atoms with Gasteiger partial charge in [0.1, 0.15) is 0 Å². The maximum absolute atomic E-state index is 10.8. The van der Waals surface area contributed by atoms with Crippen LogP contribution in [0.3, 0.4) is 0 Å². The van der Waals surface area contributed by atoms with Crippen LogP contribution in [0.2, 0.25) is 0 Å². The van der Waals surface area contributed by atoms with Crippen molar-refractivity contribution in [2.45, 2.75) is 11.8 Å². The molecule has 0 aromatic heterocycles. The van der Waals surface area contributed by atoms with Crippen LogP contribution in [-0.4, -0.2) is 40.1 Å².